The van der Waals surface area contributed by atoms with Crippen molar-refractivity contribution in [3.05, 3.63) is 35.2 Å². The summed E-state index contributed by atoms with van der Waals surface area (Å²) in [6.45, 7) is 4.87. The minimum absolute atomic E-state index is 0.0212. The molecule has 0 aliphatic heterocycles. The molecule has 0 amide bonds. The van der Waals surface area contributed by atoms with Gasteiger partial charge in [0, 0.05) is 25.5 Å². The van der Waals surface area contributed by atoms with E-state index in [0.29, 0.717) is 6.54 Å². The van der Waals surface area contributed by atoms with Crippen molar-refractivity contribution in [2.45, 2.75) is 32.9 Å². The summed E-state index contributed by atoms with van der Waals surface area (Å²) < 4.78 is 7.30. The molecule has 9 nitrogen and oxygen atoms in total. The molecule has 0 bridgehead atoms. The van der Waals surface area contributed by atoms with Gasteiger partial charge < -0.3 is 14.6 Å². The summed E-state index contributed by atoms with van der Waals surface area (Å²) in [7, 11) is 0. The number of nitrogens with zero attached hydrogens (tertiary/aromatic N) is 5. The zero-order valence-electron chi connectivity index (χ0n) is 12.5. The molecule has 9 heteroatoms. The van der Waals surface area contributed by atoms with E-state index in [1.807, 2.05) is 10.8 Å². The largest absolute Gasteiger partial charge is 0.470 e. The summed E-state index contributed by atoms with van der Waals surface area (Å²) in [4.78, 5) is 22.4. The van der Waals surface area contributed by atoms with E-state index < -0.39 is 4.92 Å². The Balaban J connectivity index is 2.01. The molecular formula is C13H18N6O3. The van der Waals surface area contributed by atoms with Gasteiger partial charge in [-0.05, 0) is 20.3 Å². The molecule has 2 aromatic heterocycles. The third-order valence-corrected chi connectivity index (χ3v) is 2.76. The Morgan fingerprint density at radius 1 is 1.45 bits per heavy atom. The molecule has 2 aromatic rings. The molecule has 0 spiro atoms. The van der Waals surface area contributed by atoms with Crippen molar-refractivity contribution in [3.8, 4) is 5.88 Å². The van der Waals surface area contributed by atoms with E-state index >= 15 is 0 Å². The van der Waals surface area contributed by atoms with Crippen molar-refractivity contribution in [3.63, 3.8) is 0 Å². The number of aromatic nitrogens is 4. The van der Waals surface area contributed by atoms with Gasteiger partial charge in [0.25, 0.3) is 5.88 Å². The number of imidazole rings is 1. The molecule has 1 N–H and O–H groups in total. The van der Waals surface area contributed by atoms with Gasteiger partial charge in [0.1, 0.15) is 6.33 Å². The number of ether oxygens (including phenoxy) is 1. The van der Waals surface area contributed by atoms with E-state index in [1.54, 1.807) is 26.4 Å². The molecule has 0 saturated carbocycles. The lowest BCUT2D eigenvalue weighted by molar-refractivity contribution is -0.385. The molecule has 0 saturated heterocycles. The van der Waals surface area contributed by atoms with Crippen molar-refractivity contribution in [1.82, 2.24) is 19.5 Å². The van der Waals surface area contributed by atoms with Crippen LogP contribution in [0.3, 0.4) is 0 Å². The van der Waals surface area contributed by atoms with Gasteiger partial charge in [0.2, 0.25) is 5.82 Å². The van der Waals surface area contributed by atoms with Crippen LogP contribution in [0.15, 0.2) is 25.0 Å². The van der Waals surface area contributed by atoms with Gasteiger partial charge >= 0.3 is 5.69 Å². The van der Waals surface area contributed by atoms with Gasteiger partial charge in [-0.25, -0.2) is 9.97 Å². The molecule has 0 unspecified atom stereocenters. The molecular weight excluding hydrogens is 288 g/mol. The molecule has 118 valence electrons. The number of nitro groups is 1. The van der Waals surface area contributed by atoms with Crippen molar-refractivity contribution in [1.29, 1.82) is 0 Å². The van der Waals surface area contributed by atoms with Crippen LogP contribution in [0.4, 0.5) is 11.5 Å². The van der Waals surface area contributed by atoms with Crippen LogP contribution in [0.1, 0.15) is 20.3 Å². The van der Waals surface area contributed by atoms with Crippen LogP contribution in [-0.4, -0.2) is 37.1 Å². The van der Waals surface area contributed by atoms with Crippen LogP contribution in [0.5, 0.6) is 5.88 Å². The molecule has 0 radical (unpaired) electrons. The molecule has 22 heavy (non-hydrogen) atoms. The minimum Gasteiger partial charge on any atom is -0.470 e. The van der Waals surface area contributed by atoms with E-state index in [2.05, 4.69) is 20.3 Å². The Morgan fingerprint density at radius 2 is 2.27 bits per heavy atom. The van der Waals surface area contributed by atoms with Crippen LogP contribution >= 0.6 is 0 Å². The zero-order valence-corrected chi connectivity index (χ0v) is 12.5. The Hall–Kier alpha value is -2.71. The molecule has 0 aliphatic rings. The summed E-state index contributed by atoms with van der Waals surface area (Å²) in [5.74, 6) is 0.147. The highest BCUT2D eigenvalue weighted by Gasteiger charge is 2.24. The third-order valence-electron chi connectivity index (χ3n) is 2.76. The van der Waals surface area contributed by atoms with E-state index in [9.17, 15) is 10.1 Å². The maximum atomic E-state index is 11.2. The molecule has 0 fully saturated rings. The smallest absolute Gasteiger partial charge is 0.372 e. The van der Waals surface area contributed by atoms with E-state index in [4.69, 9.17) is 4.74 Å². The van der Waals surface area contributed by atoms with Crippen LogP contribution in [-0.2, 0) is 6.54 Å². The summed E-state index contributed by atoms with van der Waals surface area (Å²) in [6.07, 6.45) is 7.12. The number of hydrogen-bond acceptors (Lipinski definition) is 7. The summed E-state index contributed by atoms with van der Waals surface area (Å²) in [5.41, 5.74) is -0.237. The van der Waals surface area contributed by atoms with Crippen molar-refractivity contribution in [2.24, 2.45) is 0 Å². The maximum absolute atomic E-state index is 11.2. The first-order valence-electron chi connectivity index (χ1n) is 6.93. The number of hydrogen-bond donors (Lipinski definition) is 1. The van der Waals surface area contributed by atoms with E-state index in [-0.39, 0.29) is 23.5 Å². The standard InChI is InChI=1S/C13H18N6O3/c1-10(2)22-13-11(19(20)21)12(16-8-17-13)15-4-3-6-18-7-5-14-9-18/h5,7-10H,3-4,6H2,1-2H3,(H,15,16,17). The van der Waals surface area contributed by atoms with Crippen LogP contribution < -0.4 is 10.1 Å². The second-order valence-corrected chi connectivity index (χ2v) is 4.88. The van der Waals surface area contributed by atoms with E-state index in [0.717, 1.165) is 13.0 Å². The summed E-state index contributed by atoms with van der Waals surface area (Å²) in [5, 5.41) is 14.2. The average Bonchev–Trinajstić information content (AvgIpc) is 2.96. The second kappa shape index (κ2) is 7.34. The van der Waals surface area contributed by atoms with Gasteiger partial charge in [-0.2, -0.15) is 4.98 Å². The Morgan fingerprint density at radius 3 is 2.91 bits per heavy atom. The number of aryl methyl sites for hydroxylation is 1. The lowest BCUT2D eigenvalue weighted by Crippen LogP contribution is -2.13. The van der Waals surface area contributed by atoms with Gasteiger partial charge in [-0.1, -0.05) is 0 Å². The fraction of sp³-hybridized carbons (Fsp3) is 0.462. The molecule has 0 aromatic carbocycles. The van der Waals surface area contributed by atoms with Crippen LogP contribution in [0.2, 0.25) is 0 Å². The topological polar surface area (TPSA) is 108 Å². The van der Waals surface area contributed by atoms with Crippen molar-refractivity contribution >= 4 is 11.5 Å². The first-order valence-corrected chi connectivity index (χ1v) is 6.93. The van der Waals surface area contributed by atoms with E-state index in [1.165, 1.54) is 6.33 Å². The lowest BCUT2D eigenvalue weighted by atomic mass is 10.4. The van der Waals surface area contributed by atoms with Crippen molar-refractivity contribution in [2.75, 3.05) is 11.9 Å². The summed E-state index contributed by atoms with van der Waals surface area (Å²) >= 11 is 0. The highest BCUT2D eigenvalue weighted by atomic mass is 16.6. The van der Waals surface area contributed by atoms with Crippen LogP contribution in [0.25, 0.3) is 0 Å². The molecule has 2 rings (SSSR count). The van der Waals surface area contributed by atoms with Gasteiger partial charge in [0.15, 0.2) is 0 Å². The Labute approximate surface area is 127 Å². The fourth-order valence-electron chi connectivity index (χ4n) is 1.85. The number of nitrogens with one attached hydrogen (secondary N) is 1. The molecule has 0 aliphatic carbocycles. The fourth-order valence-corrected chi connectivity index (χ4v) is 1.85. The van der Waals surface area contributed by atoms with Crippen LogP contribution in [0, 0.1) is 10.1 Å². The first kappa shape index (κ1) is 15.7. The summed E-state index contributed by atoms with van der Waals surface area (Å²) in [6, 6.07) is 0. The predicted molar refractivity (Wildman–Crippen MR) is 79.8 cm³/mol. The Bertz CT molecular complexity index is 614. The zero-order chi connectivity index (χ0) is 15.9. The molecule has 2 heterocycles. The van der Waals surface area contributed by atoms with Gasteiger partial charge in [0.05, 0.1) is 17.4 Å². The quantitative estimate of drug-likeness (QED) is 0.450. The monoisotopic (exact) mass is 306 g/mol. The first-order chi connectivity index (χ1) is 10.6. The normalized spacial score (nSPS) is 10.7. The third kappa shape index (κ3) is 4.14. The average molecular weight is 306 g/mol. The number of rotatable bonds is 8. The number of anilines is 1. The predicted octanol–water partition coefficient (Wildman–Crippen LogP) is 1.87. The van der Waals surface area contributed by atoms with Gasteiger partial charge in [-0.3, -0.25) is 10.1 Å². The minimum atomic E-state index is -0.532. The lowest BCUT2D eigenvalue weighted by Gasteiger charge is -2.11. The van der Waals surface area contributed by atoms with Gasteiger partial charge in [-0.15, -0.1) is 0 Å². The SMILES string of the molecule is CC(C)Oc1ncnc(NCCCn2ccnc2)c1[N+](=O)[O-]. The Kier molecular flexibility index (Phi) is 5.23. The second-order valence-electron chi connectivity index (χ2n) is 4.88. The maximum Gasteiger partial charge on any atom is 0.372 e. The molecule has 0 atom stereocenters. The highest BCUT2D eigenvalue weighted by Crippen LogP contribution is 2.31. The highest BCUT2D eigenvalue weighted by molar-refractivity contribution is 5.61. The van der Waals surface area contributed by atoms with Crippen molar-refractivity contribution < 1.29 is 9.66 Å².